The van der Waals surface area contributed by atoms with Crippen molar-refractivity contribution < 1.29 is 24.5 Å². The Morgan fingerprint density at radius 1 is 0.431 bits per heavy atom. The lowest BCUT2D eigenvalue weighted by Crippen LogP contribution is -2.45. The third-order valence-electron chi connectivity index (χ3n) is 13.2. The summed E-state index contributed by atoms with van der Waals surface area (Å²) < 4.78 is 5.48. The molecule has 0 aromatic heterocycles. The van der Waals surface area contributed by atoms with Gasteiger partial charge in [-0.1, -0.05) is 262 Å². The second-order valence-corrected chi connectivity index (χ2v) is 19.6. The van der Waals surface area contributed by atoms with Crippen molar-refractivity contribution in [2.24, 2.45) is 0 Å². The smallest absolute Gasteiger partial charge is 0.305 e. The highest BCUT2D eigenvalue weighted by Gasteiger charge is 2.18. The van der Waals surface area contributed by atoms with Crippen molar-refractivity contribution >= 4 is 11.9 Å². The summed E-state index contributed by atoms with van der Waals surface area (Å²) in [6.07, 6.45) is 67.4. The molecule has 0 aromatic carbocycles. The van der Waals surface area contributed by atoms with Gasteiger partial charge in [-0.3, -0.25) is 9.59 Å². The molecule has 65 heavy (non-hydrogen) atoms. The Hall–Kier alpha value is -1.92. The Balaban J connectivity index is 3.41. The molecule has 0 saturated carbocycles. The van der Waals surface area contributed by atoms with E-state index < -0.39 is 12.1 Å². The number of rotatable bonds is 53. The number of carbonyl (C=O) groups is 2. The first-order valence-electron chi connectivity index (χ1n) is 28.8. The van der Waals surface area contributed by atoms with Crippen LogP contribution in [0.25, 0.3) is 0 Å². The van der Waals surface area contributed by atoms with Crippen LogP contribution in [0.15, 0.2) is 36.5 Å². The highest BCUT2D eigenvalue weighted by atomic mass is 16.5. The SMILES string of the molecule is CCCCCC/C=C\C/C=C\CCCCCCCC(=O)OCCCCCCCCCCCCCCCCCCCCCCC(=O)NC(CO)C(O)/C=C/CCCCCCCCCCCC. The maximum Gasteiger partial charge on any atom is 0.305 e. The Kier molecular flexibility index (Phi) is 53.1. The molecule has 0 bridgehead atoms. The van der Waals surface area contributed by atoms with Gasteiger partial charge in [-0.15, -0.1) is 0 Å². The van der Waals surface area contributed by atoms with Crippen LogP contribution in [0.2, 0.25) is 0 Å². The van der Waals surface area contributed by atoms with Gasteiger partial charge in [-0.25, -0.2) is 0 Å². The normalized spacial score (nSPS) is 12.9. The molecule has 6 heteroatoms. The van der Waals surface area contributed by atoms with Gasteiger partial charge in [0.25, 0.3) is 0 Å². The largest absolute Gasteiger partial charge is 0.466 e. The number of amides is 1. The molecule has 1 amide bonds. The topological polar surface area (TPSA) is 95.9 Å². The minimum absolute atomic E-state index is 0.00386. The highest BCUT2D eigenvalue weighted by Crippen LogP contribution is 2.17. The zero-order valence-corrected chi connectivity index (χ0v) is 43.5. The lowest BCUT2D eigenvalue weighted by Gasteiger charge is -2.20. The van der Waals surface area contributed by atoms with E-state index in [1.54, 1.807) is 6.08 Å². The molecule has 0 aliphatic heterocycles. The van der Waals surface area contributed by atoms with Crippen molar-refractivity contribution in [1.29, 1.82) is 0 Å². The third kappa shape index (κ3) is 51.3. The van der Waals surface area contributed by atoms with Crippen LogP contribution in [0.3, 0.4) is 0 Å². The van der Waals surface area contributed by atoms with E-state index in [4.69, 9.17) is 4.74 Å². The molecule has 2 unspecified atom stereocenters. The van der Waals surface area contributed by atoms with E-state index in [0.29, 0.717) is 19.4 Å². The average Bonchev–Trinajstić information content (AvgIpc) is 3.31. The Morgan fingerprint density at radius 2 is 0.769 bits per heavy atom. The van der Waals surface area contributed by atoms with E-state index in [0.717, 1.165) is 51.4 Å². The molecule has 6 nitrogen and oxygen atoms in total. The Bertz CT molecular complexity index is 1060. The molecule has 0 spiro atoms. The van der Waals surface area contributed by atoms with Gasteiger partial charge >= 0.3 is 5.97 Å². The van der Waals surface area contributed by atoms with Crippen LogP contribution >= 0.6 is 0 Å². The molecule has 2 atom stereocenters. The van der Waals surface area contributed by atoms with Crippen LogP contribution in [-0.4, -0.2) is 47.4 Å². The molecule has 382 valence electrons. The van der Waals surface area contributed by atoms with Crippen LogP contribution in [0.5, 0.6) is 0 Å². The van der Waals surface area contributed by atoms with Crippen LogP contribution in [-0.2, 0) is 14.3 Å². The van der Waals surface area contributed by atoms with Gasteiger partial charge in [0.05, 0.1) is 25.4 Å². The lowest BCUT2D eigenvalue weighted by atomic mass is 10.0. The number of ether oxygens (including phenoxy) is 1. The molecule has 0 rings (SSSR count). The second kappa shape index (κ2) is 54.7. The zero-order chi connectivity index (χ0) is 47.2. The number of allylic oxidation sites excluding steroid dienone is 5. The first-order valence-corrected chi connectivity index (χ1v) is 28.8. The summed E-state index contributed by atoms with van der Waals surface area (Å²) in [5.74, 6) is -0.0747. The Morgan fingerprint density at radius 3 is 1.18 bits per heavy atom. The van der Waals surface area contributed by atoms with Crippen LogP contribution in [0.1, 0.15) is 303 Å². The fraction of sp³-hybridized carbons (Fsp3) is 0.864. The number of aliphatic hydroxyl groups excluding tert-OH is 2. The van der Waals surface area contributed by atoms with Crippen molar-refractivity contribution in [3.63, 3.8) is 0 Å². The van der Waals surface area contributed by atoms with Crippen molar-refractivity contribution in [2.45, 2.75) is 315 Å². The predicted molar refractivity (Wildman–Crippen MR) is 283 cm³/mol. The maximum absolute atomic E-state index is 12.4. The molecule has 0 radical (unpaired) electrons. The number of unbranched alkanes of at least 4 members (excludes halogenated alkanes) is 38. The third-order valence-corrected chi connectivity index (χ3v) is 13.2. The molecular formula is C59H111NO5. The van der Waals surface area contributed by atoms with Gasteiger partial charge in [-0.2, -0.15) is 0 Å². The van der Waals surface area contributed by atoms with Crippen LogP contribution in [0.4, 0.5) is 0 Å². The monoisotopic (exact) mass is 914 g/mol. The predicted octanol–water partition coefficient (Wildman–Crippen LogP) is 17.6. The summed E-state index contributed by atoms with van der Waals surface area (Å²) in [5.41, 5.74) is 0. The first kappa shape index (κ1) is 63.1. The second-order valence-electron chi connectivity index (χ2n) is 19.6. The molecule has 0 saturated heterocycles. The van der Waals surface area contributed by atoms with Crippen molar-refractivity contribution in [3.8, 4) is 0 Å². The van der Waals surface area contributed by atoms with E-state index in [1.807, 2.05) is 6.08 Å². The summed E-state index contributed by atoms with van der Waals surface area (Å²) in [7, 11) is 0. The molecule has 3 N–H and O–H groups in total. The summed E-state index contributed by atoms with van der Waals surface area (Å²) in [6.45, 7) is 4.87. The molecule has 0 aromatic rings. The molecule has 0 aliphatic carbocycles. The van der Waals surface area contributed by atoms with E-state index in [2.05, 4.69) is 43.5 Å². The standard InChI is InChI=1S/C59H111NO5/c1-3-5-7-9-11-13-15-17-18-26-29-33-37-41-45-49-53-59(64)65-54-50-46-42-38-34-30-27-24-22-20-19-21-23-25-28-32-36-40-44-48-52-58(63)60-56(55-61)57(62)51-47-43-39-35-31-16-14-12-10-8-6-4-2/h13,15,18,26,47,51,56-57,61-62H,3-12,14,16-17,19-25,27-46,48-50,52-55H2,1-2H3,(H,60,63)/b15-13-,26-18-,51-47+. The number of hydrogen-bond donors (Lipinski definition) is 3. The summed E-state index contributed by atoms with van der Waals surface area (Å²) in [4.78, 5) is 24.5. The molecule has 0 fully saturated rings. The van der Waals surface area contributed by atoms with Gasteiger partial charge in [0.15, 0.2) is 0 Å². The summed E-state index contributed by atoms with van der Waals surface area (Å²) in [6, 6.07) is -0.628. The number of esters is 1. The van der Waals surface area contributed by atoms with Gasteiger partial charge < -0.3 is 20.3 Å². The van der Waals surface area contributed by atoms with Crippen LogP contribution < -0.4 is 5.32 Å². The number of aliphatic hydroxyl groups is 2. The van der Waals surface area contributed by atoms with Crippen LogP contribution in [0, 0.1) is 0 Å². The van der Waals surface area contributed by atoms with E-state index in [9.17, 15) is 19.8 Å². The average molecular weight is 915 g/mol. The van der Waals surface area contributed by atoms with Crippen molar-refractivity contribution in [3.05, 3.63) is 36.5 Å². The van der Waals surface area contributed by atoms with Gasteiger partial charge in [0.2, 0.25) is 5.91 Å². The van der Waals surface area contributed by atoms with Gasteiger partial charge in [-0.05, 0) is 64.2 Å². The minimum Gasteiger partial charge on any atom is -0.466 e. The number of carbonyl (C=O) groups excluding carboxylic acids is 2. The maximum atomic E-state index is 12.4. The zero-order valence-electron chi connectivity index (χ0n) is 43.5. The first-order chi connectivity index (χ1) is 32.0. The van der Waals surface area contributed by atoms with E-state index in [-0.39, 0.29) is 18.5 Å². The Labute approximate surface area is 404 Å². The van der Waals surface area contributed by atoms with Crippen molar-refractivity contribution in [1.82, 2.24) is 5.32 Å². The molecule has 0 heterocycles. The summed E-state index contributed by atoms with van der Waals surface area (Å²) in [5, 5.41) is 23.0. The number of hydrogen-bond acceptors (Lipinski definition) is 5. The quantitative estimate of drug-likeness (QED) is 0.0321. The molecule has 0 aliphatic rings. The fourth-order valence-electron chi connectivity index (χ4n) is 8.72. The summed E-state index contributed by atoms with van der Waals surface area (Å²) >= 11 is 0. The lowest BCUT2D eigenvalue weighted by molar-refractivity contribution is -0.143. The van der Waals surface area contributed by atoms with Crippen molar-refractivity contribution in [2.75, 3.05) is 13.2 Å². The van der Waals surface area contributed by atoms with Gasteiger partial charge in [0, 0.05) is 12.8 Å². The van der Waals surface area contributed by atoms with E-state index >= 15 is 0 Å². The highest BCUT2D eigenvalue weighted by molar-refractivity contribution is 5.76. The van der Waals surface area contributed by atoms with E-state index in [1.165, 1.54) is 225 Å². The van der Waals surface area contributed by atoms with Gasteiger partial charge in [0.1, 0.15) is 0 Å². The fourth-order valence-corrected chi connectivity index (χ4v) is 8.72. The number of nitrogens with one attached hydrogen (secondary N) is 1. The molecular weight excluding hydrogens is 803 g/mol. The minimum atomic E-state index is -0.845.